The van der Waals surface area contributed by atoms with Gasteiger partial charge in [0.05, 0.1) is 0 Å². The van der Waals surface area contributed by atoms with Gasteiger partial charge in [-0.1, -0.05) is 20.3 Å². The van der Waals surface area contributed by atoms with Crippen LogP contribution in [0.5, 0.6) is 0 Å². The van der Waals surface area contributed by atoms with E-state index < -0.39 is 0 Å². The first-order valence-electron chi connectivity index (χ1n) is 11.3. The quantitative estimate of drug-likeness (QED) is 0.603. The van der Waals surface area contributed by atoms with Gasteiger partial charge < -0.3 is 19.1 Å². The molecule has 2 aliphatic heterocycles. The molecule has 28 heavy (non-hydrogen) atoms. The predicted octanol–water partition coefficient (Wildman–Crippen LogP) is 3.81. The number of rotatable bonds is 9. The largest absolute Gasteiger partial charge is 0.385 e. The molecule has 1 aromatic heterocycles. The van der Waals surface area contributed by atoms with Crippen molar-refractivity contribution in [2.75, 3.05) is 39.9 Å². The highest BCUT2D eigenvalue weighted by Gasteiger charge is 2.36. The fraction of sp³-hybridized carbons (Fsp3) is 0.783. The Bertz CT molecular complexity index is 585. The number of nitrogens with zero attached hydrogens (tertiary/aromatic N) is 3. The lowest BCUT2D eigenvalue weighted by molar-refractivity contribution is -0.137. The number of carbonyl (C=O) groups excluding carboxylic acids is 1. The predicted molar refractivity (Wildman–Crippen MR) is 113 cm³/mol. The maximum absolute atomic E-state index is 13.7. The minimum Gasteiger partial charge on any atom is -0.385 e. The average molecular weight is 390 g/mol. The Morgan fingerprint density at radius 2 is 1.89 bits per heavy atom. The molecule has 3 atom stereocenters. The minimum absolute atomic E-state index is 0.122. The van der Waals surface area contributed by atoms with Crippen LogP contribution in [0.1, 0.15) is 58.4 Å². The van der Waals surface area contributed by atoms with Crippen LogP contribution < -0.4 is 0 Å². The van der Waals surface area contributed by atoms with Gasteiger partial charge in [0.15, 0.2) is 0 Å². The summed E-state index contributed by atoms with van der Waals surface area (Å²) >= 11 is 0. The third kappa shape index (κ3) is 5.18. The van der Waals surface area contributed by atoms with E-state index in [9.17, 15) is 4.79 Å². The average Bonchev–Trinajstić information content (AvgIpc) is 3.21. The van der Waals surface area contributed by atoms with E-state index in [1.54, 1.807) is 7.11 Å². The van der Waals surface area contributed by atoms with Crippen molar-refractivity contribution in [1.29, 1.82) is 0 Å². The summed E-state index contributed by atoms with van der Waals surface area (Å²) in [6, 6.07) is 4.57. The molecule has 0 bridgehead atoms. The molecule has 2 fully saturated rings. The zero-order valence-electron chi connectivity index (χ0n) is 18.1. The molecule has 5 nitrogen and oxygen atoms in total. The third-order valence-corrected chi connectivity index (χ3v) is 6.60. The number of amides is 1. The van der Waals surface area contributed by atoms with Gasteiger partial charge in [-0.15, -0.1) is 0 Å². The normalized spacial score (nSPS) is 24.1. The molecule has 0 aliphatic carbocycles. The van der Waals surface area contributed by atoms with Crippen molar-refractivity contribution in [3.63, 3.8) is 0 Å². The second-order valence-corrected chi connectivity index (χ2v) is 8.95. The molecular weight excluding hydrogens is 350 g/mol. The monoisotopic (exact) mass is 389 g/mol. The molecule has 2 saturated heterocycles. The van der Waals surface area contributed by atoms with Crippen LogP contribution in [0.2, 0.25) is 0 Å². The van der Waals surface area contributed by atoms with Gasteiger partial charge in [0, 0.05) is 45.2 Å². The van der Waals surface area contributed by atoms with Gasteiger partial charge in [0.1, 0.15) is 6.04 Å². The summed E-state index contributed by atoms with van der Waals surface area (Å²) in [5.74, 6) is 1.15. The summed E-state index contributed by atoms with van der Waals surface area (Å²) in [7, 11) is 1.74. The molecule has 2 aliphatic rings. The maximum atomic E-state index is 13.7. The molecule has 0 N–H and O–H groups in total. The lowest BCUT2D eigenvalue weighted by atomic mass is 9.83. The zero-order valence-corrected chi connectivity index (χ0v) is 18.1. The first-order valence-corrected chi connectivity index (χ1v) is 11.3. The van der Waals surface area contributed by atoms with Crippen molar-refractivity contribution in [2.45, 2.75) is 64.5 Å². The standard InChI is InChI=1S/C23H39N3O2/c1-19(2)22(25-13-6-7-14-25)23(27)26(16-9-17-28-3)18-20-10-8-15-24-12-5-4-11-21(20)24/h6-7,13-14,19-22H,4-5,8-12,15-18H2,1-3H3/t20-,21+,22+/m0/s1. The van der Waals surface area contributed by atoms with Crippen molar-refractivity contribution < 1.29 is 9.53 Å². The fourth-order valence-corrected chi connectivity index (χ4v) is 5.24. The molecule has 158 valence electrons. The van der Waals surface area contributed by atoms with Gasteiger partial charge >= 0.3 is 0 Å². The number of piperidine rings is 2. The SMILES string of the molecule is COCCCN(C[C@@H]1CCCN2CCCC[C@H]12)C(=O)[C@@H](C(C)C)n1cccc1. The Labute approximate surface area is 171 Å². The fourth-order valence-electron chi connectivity index (χ4n) is 5.24. The Balaban J connectivity index is 1.74. The van der Waals surface area contributed by atoms with Gasteiger partial charge in [-0.05, 0) is 69.2 Å². The molecule has 3 rings (SSSR count). The number of fused-ring (bicyclic) bond motifs is 1. The minimum atomic E-state index is -0.122. The van der Waals surface area contributed by atoms with Crippen LogP contribution in [0.4, 0.5) is 0 Å². The van der Waals surface area contributed by atoms with Crippen molar-refractivity contribution in [3.8, 4) is 0 Å². The van der Waals surface area contributed by atoms with E-state index in [4.69, 9.17) is 4.74 Å². The van der Waals surface area contributed by atoms with E-state index in [0.29, 0.717) is 18.6 Å². The number of hydrogen-bond donors (Lipinski definition) is 0. The van der Waals surface area contributed by atoms with Gasteiger partial charge in [-0.2, -0.15) is 0 Å². The van der Waals surface area contributed by atoms with Gasteiger partial charge in [0.25, 0.3) is 0 Å². The van der Waals surface area contributed by atoms with E-state index in [0.717, 1.165) is 19.5 Å². The number of methoxy groups -OCH3 is 1. The Hall–Kier alpha value is -1.33. The molecule has 0 radical (unpaired) electrons. The number of carbonyl (C=O) groups is 1. The van der Waals surface area contributed by atoms with E-state index in [1.165, 1.54) is 45.2 Å². The van der Waals surface area contributed by atoms with Crippen molar-refractivity contribution in [2.24, 2.45) is 11.8 Å². The highest BCUT2D eigenvalue weighted by atomic mass is 16.5. The molecule has 0 spiro atoms. The number of hydrogen-bond acceptors (Lipinski definition) is 3. The summed E-state index contributed by atoms with van der Waals surface area (Å²) in [4.78, 5) is 18.5. The Morgan fingerprint density at radius 1 is 1.14 bits per heavy atom. The first kappa shape index (κ1) is 21.4. The number of ether oxygens (including phenoxy) is 1. The van der Waals surface area contributed by atoms with Crippen molar-refractivity contribution in [1.82, 2.24) is 14.4 Å². The molecule has 1 amide bonds. The van der Waals surface area contributed by atoms with Crippen molar-refractivity contribution in [3.05, 3.63) is 24.5 Å². The highest BCUT2D eigenvalue weighted by molar-refractivity contribution is 5.80. The maximum Gasteiger partial charge on any atom is 0.245 e. The van der Waals surface area contributed by atoms with Crippen LogP contribution >= 0.6 is 0 Å². The second-order valence-electron chi connectivity index (χ2n) is 8.95. The van der Waals surface area contributed by atoms with Crippen LogP contribution in [0, 0.1) is 11.8 Å². The van der Waals surface area contributed by atoms with Crippen LogP contribution in [0.25, 0.3) is 0 Å². The highest BCUT2D eigenvalue weighted by Crippen LogP contribution is 2.32. The molecular formula is C23H39N3O2. The Kier molecular flexibility index (Phi) is 7.98. The van der Waals surface area contributed by atoms with Gasteiger partial charge in [-0.3, -0.25) is 4.79 Å². The first-order chi connectivity index (χ1) is 13.6. The third-order valence-electron chi connectivity index (χ3n) is 6.60. The second kappa shape index (κ2) is 10.4. The lowest BCUT2D eigenvalue weighted by Crippen LogP contribution is -2.52. The zero-order chi connectivity index (χ0) is 19.9. The molecule has 0 unspecified atom stereocenters. The molecule has 5 heteroatoms. The van der Waals surface area contributed by atoms with E-state index in [2.05, 4.69) is 28.2 Å². The molecule has 0 saturated carbocycles. The topological polar surface area (TPSA) is 37.7 Å². The summed E-state index contributed by atoms with van der Waals surface area (Å²) in [6.45, 7) is 9.20. The van der Waals surface area contributed by atoms with Crippen molar-refractivity contribution >= 4 is 5.91 Å². The van der Waals surface area contributed by atoms with Crippen LogP contribution in [-0.4, -0.2) is 66.2 Å². The summed E-state index contributed by atoms with van der Waals surface area (Å²) in [6.07, 6.45) is 11.5. The molecule has 1 aromatic rings. The van der Waals surface area contributed by atoms with Gasteiger partial charge in [0.2, 0.25) is 5.91 Å². The van der Waals surface area contributed by atoms with E-state index in [1.807, 2.05) is 24.5 Å². The van der Waals surface area contributed by atoms with E-state index in [-0.39, 0.29) is 17.9 Å². The van der Waals surface area contributed by atoms with E-state index >= 15 is 0 Å². The number of aromatic nitrogens is 1. The lowest BCUT2D eigenvalue weighted by Gasteiger charge is -2.46. The van der Waals surface area contributed by atoms with Gasteiger partial charge in [-0.25, -0.2) is 0 Å². The van der Waals surface area contributed by atoms with Crippen LogP contribution in [-0.2, 0) is 9.53 Å². The molecule has 0 aromatic carbocycles. The smallest absolute Gasteiger partial charge is 0.245 e. The summed E-state index contributed by atoms with van der Waals surface area (Å²) in [5, 5.41) is 0. The summed E-state index contributed by atoms with van der Waals surface area (Å²) in [5.41, 5.74) is 0. The summed E-state index contributed by atoms with van der Waals surface area (Å²) < 4.78 is 7.36. The van der Waals surface area contributed by atoms with Crippen LogP contribution in [0.3, 0.4) is 0 Å². The Morgan fingerprint density at radius 3 is 2.61 bits per heavy atom. The molecule has 3 heterocycles. The van der Waals surface area contributed by atoms with Crippen LogP contribution in [0.15, 0.2) is 24.5 Å².